The van der Waals surface area contributed by atoms with Gasteiger partial charge < -0.3 is 40.5 Å². The lowest BCUT2D eigenvalue weighted by molar-refractivity contribution is -0.140. The Labute approximate surface area is 283 Å². The molecule has 3 saturated heterocycles. The van der Waals surface area contributed by atoms with E-state index in [0.29, 0.717) is 44.5 Å². The van der Waals surface area contributed by atoms with Crippen LogP contribution in [0.25, 0.3) is 0 Å². The maximum atomic E-state index is 15.1. The Morgan fingerprint density at radius 2 is 1.70 bits per heavy atom. The number of piperidine rings is 1. The highest BCUT2D eigenvalue weighted by molar-refractivity contribution is 6.21. The molecule has 5 fully saturated rings. The number of nitrogens with zero attached hydrogens (tertiary/aromatic N) is 2. The molecule has 3 unspecified atom stereocenters. The van der Waals surface area contributed by atoms with Gasteiger partial charge in [0.1, 0.15) is 30.8 Å². The van der Waals surface area contributed by atoms with Crippen molar-refractivity contribution in [3.63, 3.8) is 0 Å². The molecule has 5 rings (SSSR count). The van der Waals surface area contributed by atoms with Crippen LogP contribution in [-0.2, 0) is 9.53 Å². The SMILES string of the molecule is O=C(CC1CCC(OCCCC2CC3(CCN(C4NCC(Cl)CN4)CC3)C2)CC1F)N1CC(CNC[C@H](O)[C@@H](O)[C@H](O)[C@H](O)CO)C1. The Morgan fingerprint density at radius 1 is 1.02 bits per heavy atom. The summed E-state index contributed by atoms with van der Waals surface area (Å²) in [7, 11) is 0. The van der Waals surface area contributed by atoms with Crippen LogP contribution >= 0.6 is 11.6 Å². The minimum absolute atomic E-state index is 0.0106. The van der Waals surface area contributed by atoms with E-state index in [4.69, 9.17) is 21.4 Å². The van der Waals surface area contributed by atoms with Crippen molar-refractivity contribution in [3.8, 4) is 0 Å². The number of halogens is 2. The van der Waals surface area contributed by atoms with Gasteiger partial charge in [-0.05, 0) is 68.6 Å². The number of aliphatic hydroxyl groups excluding tert-OH is 5. The molecule has 12 nitrogen and oxygen atoms in total. The molecule has 0 aromatic rings. The summed E-state index contributed by atoms with van der Waals surface area (Å²) in [6, 6.07) is 0. The summed E-state index contributed by atoms with van der Waals surface area (Å²) in [4.78, 5) is 17.0. The predicted molar refractivity (Wildman–Crippen MR) is 175 cm³/mol. The Kier molecular flexibility index (Phi) is 14.0. The number of carbonyl (C=O) groups is 1. The minimum atomic E-state index is -1.66. The fourth-order valence-electron chi connectivity index (χ4n) is 8.44. The van der Waals surface area contributed by atoms with Gasteiger partial charge >= 0.3 is 0 Å². The molecule has 8 N–H and O–H groups in total. The van der Waals surface area contributed by atoms with E-state index in [9.17, 15) is 25.2 Å². The van der Waals surface area contributed by atoms with Gasteiger partial charge in [-0.2, -0.15) is 0 Å². The molecule has 2 saturated carbocycles. The molecule has 272 valence electrons. The molecule has 0 aromatic heterocycles. The largest absolute Gasteiger partial charge is 0.394 e. The number of carbonyl (C=O) groups excluding carboxylic acids is 1. The molecule has 5 aliphatic rings. The molecule has 3 heterocycles. The Bertz CT molecular complexity index is 962. The quantitative estimate of drug-likeness (QED) is 0.0793. The van der Waals surface area contributed by atoms with Crippen molar-refractivity contribution in [3.05, 3.63) is 0 Å². The monoisotopic (exact) mass is 691 g/mol. The maximum Gasteiger partial charge on any atom is 0.222 e. The number of ether oxygens (including phenoxy) is 1. The van der Waals surface area contributed by atoms with E-state index in [0.717, 1.165) is 44.9 Å². The number of aliphatic hydroxyl groups is 5. The van der Waals surface area contributed by atoms with Crippen molar-refractivity contribution in [2.24, 2.45) is 23.2 Å². The predicted octanol–water partition coefficient (Wildman–Crippen LogP) is -0.260. The Hall–Kier alpha value is -0.710. The van der Waals surface area contributed by atoms with E-state index in [1.807, 2.05) is 0 Å². The molecule has 3 aliphatic heterocycles. The van der Waals surface area contributed by atoms with Crippen LogP contribution in [0.1, 0.15) is 64.2 Å². The number of hydrogen-bond acceptors (Lipinski definition) is 11. The molecule has 14 heteroatoms. The summed E-state index contributed by atoms with van der Waals surface area (Å²) >= 11 is 6.19. The van der Waals surface area contributed by atoms with Crippen LogP contribution in [0.2, 0.25) is 0 Å². The van der Waals surface area contributed by atoms with E-state index in [2.05, 4.69) is 20.9 Å². The van der Waals surface area contributed by atoms with E-state index in [-0.39, 0.29) is 48.5 Å². The first kappa shape index (κ1) is 37.5. The number of rotatable bonds is 16. The van der Waals surface area contributed by atoms with Gasteiger partial charge in [0.2, 0.25) is 5.91 Å². The highest BCUT2D eigenvalue weighted by atomic mass is 35.5. The number of hydrogen-bond donors (Lipinski definition) is 8. The molecule has 0 radical (unpaired) electrons. The zero-order chi connectivity index (χ0) is 33.6. The number of amides is 1. The van der Waals surface area contributed by atoms with E-state index in [1.165, 1.54) is 32.1 Å². The van der Waals surface area contributed by atoms with Crippen LogP contribution in [0, 0.1) is 23.2 Å². The van der Waals surface area contributed by atoms with Gasteiger partial charge in [-0.1, -0.05) is 0 Å². The summed E-state index contributed by atoms with van der Waals surface area (Å²) in [6.45, 7) is 5.55. The third-order valence-electron chi connectivity index (χ3n) is 11.6. The zero-order valence-electron chi connectivity index (χ0n) is 27.7. The molecule has 1 amide bonds. The molecule has 0 aromatic carbocycles. The molecular formula is C33H59ClFN5O7. The van der Waals surface area contributed by atoms with Crippen LogP contribution < -0.4 is 16.0 Å². The number of alkyl halides is 2. The standard InChI is InChI=1S/C33H59ClFN5O7/c34-24-15-37-32(38-16-24)39-7-5-33(6-8-39)12-21(13-33)2-1-9-47-25-4-3-23(26(35)11-25)10-29(44)40-18-22(19-40)14-36-17-27(42)30(45)31(46)28(43)20-41/h21-28,30-32,36-38,41-43,45-46H,1-20H2/t23?,24?,25?,26?,27-,28+,30+,31+,32?/m0/s1. The first-order chi connectivity index (χ1) is 22.6. The number of nitrogens with one attached hydrogen (secondary N) is 3. The topological polar surface area (TPSA) is 170 Å². The van der Waals surface area contributed by atoms with Crippen molar-refractivity contribution in [2.75, 3.05) is 65.6 Å². The first-order valence-electron chi connectivity index (χ1n) is 18.0. The van der Waals surface area contributed by atoms with Gasteiger partial charge in [0.25, 0.3) is 0 Å². The van der Waals surface area contributed by atoms with Crippen LogP contribution in [-0.4, -0.2) is 155 Å². The second kappa shape index (κ2) is 17.5. The van der Waals surface area contributed by atoms with Gasteiger partial charge in [-0.25, -0.2) is 4.39 Å². The van der Waals surface area contributed by atoms with E-state index < -0.39 is 37.2 Å². The number of likely N-dealkylation sites (tertiary alicyclic amines) is 2. The van der Waals surface area contributed by atoms with Crippen molar-refractivity contribution in [1.29, 1.82) is 0 Å². The maximum absolute atomic E-state index is 15.1. The fourth-order valence-corrected chi connectivity index (χ4v) is 8.61. The van der Waals surface area contributed by atoms with Crippen LogP contribution in [0.15, 0.2) is 0 Å². The van der Waals surface area contributed by atoms with Gasteiger partial charge in [0.05, 0.1) is 24.2 Å². The molecule has 0 bridgehead atoms. The Balaban J connectivity index is 0.869. The lowest BCUT2D eigenvalue weighted by atomic mass is 9.56. The smallest absolute Gasteiger partial charge is 0.222 e. The van der Waals surface area contributed by atoms with Crippen LogP contribution in [0.3, 0.4) is 0 Å². The summed E-state index contributed by atoms with van der Waals surface area (Å²) < 4.78 is 21.2. The van der Waals surface area contributed by atoms with Crippen molar-refractivity contribution < 1.29 is 39.5 Å². The van der Waals surface area contributed by atoms with Gasteiger partial charge in [-0.3, -0.25) is 20.3 Å². The average molecular weight is 692 g/mol. The summed E-state index contributed by atoms with van der Waals surface area (Å²) in [6.07, 6.45) is 2.48. The normalized spacial score (nSPS) is 33.2. The first-order valence-corrected chi connectivity index (χ1v) is 18.4. The van der Waals surface area contributed by atoms with Crippen LogP contribution in [0.4, 0.5) is 4.39 Å². The van der Waals surface area contributed by atoms with E-state index in [1.54, 1.807) is 4.90 Å². The van der Waals surface area contributed by atoms with Gasteiger partial charge in [-0.15, -0.1) is 11.6 Å². The molecule has 47 heavy (non-hydrogen) atoms. The zero-order valence-corrected chi connectivity index (χ0v) is 28.5. The summed E-state index contributed by atoms with van der Waals surface area (Å²) in [5, 5.41) is 58.1. The minimum Gasteiger partial charge on any atom is -0.394 e. The molecular weight excluding hydrogens is 633 g/mol. The van der Waals surface area contributed by atoms with Gasteiger partial charge in [0, 0.05) is 77.7 Å². The van der Waals surface area contributed by atoms with Crippen molar-refractivity contribution >= 4 is 17.5 Å². The average Bonchev–Trinajstić information content (AvgIpc) is 3.03. The molecule has 2 aliphatic carbocycles. The summed E-state index contributed by atoms with van der Waals surface area (Å²) in [5.41, 5.74) is 0.531. The third kappa shape index (κ3) is 10.2. The second-order valence-corrected chi connectivity index (χ2v) is 15.8. The summed E-state index contributed by atoms with van der Waals surface area (Å²) in [5.74, 6) is 0.671. The third-order valence-corrected chi connectivity index (χ3v) is 11.9. The van der Waals surface area contributed by atoms with Crippen LogP contribution in [0.5, 0.6) is 0 Å². The fraction of sp³-hybridized carbons (Fsp3) is 0.970. The van der Waals surface area contributed by atoms with Gasteiger partial charge in [0.15, 0.2) is 0 Å². The Morgan fingerprint density at radius 3 is 2.36 bits per heavy atom. The van der Waals surface area contributed by atoms with E-state index >= 15 is 4.39 Å². The highest BCUT2D eigenvalue weighted by Crippen LogP contribution is 2.54. The second-order valence-electron chi connectivity index (χ2n) is 15.2. The molecule has 1 spiro atoms. The lowest BCUT2D eigenvalue weighted by Gasteiger charge is -2.54. The van der Waals surface area contributed by atoms with Crippen molar-refractivity contribution in [2.45, 2.75) is 113 Å². The highest BCUT2D eigenvalue weighted by Gasteiger charge is 2.46. The lowest BCUT2D eigenvalue weighted by Crippen LogP contribution is -2.64. The van der Waals surface area contributed by atoms with Crippen molar-refractivity contribution in [1.82, 2.24) is 25.8 Å². The molecule has 7 atom stereocenters.